The fraction of sp³-hybridized carbons (Fsp3) is 0.190. The number of carboxylic acids is 1. The average molecular weight is 431 g/mol. The van der Waals surface area contributed by atoms with Gasteiger partial charge in [-0.15, -0.1) is 0 Å². The molecular weight excluding hydrogens is 412 g/mol. The number of carbonyl (C=O) groups is 3. The highest BCUT2D eigenvalue weighted by molar-refractivity contribution is 6.32. The second kappa shape index (κ2) is 8.87. The summed E-state index contributed by atoms with van der Waals surface area (Å²) in [6.45, 7) is 1.55. The molecule has 1 aliphatic heterocycles. The minimum absolute atomic E-state index is 0.0622. The monoisotopic (exact) mass is 430 g/mol. The van der Waals surface area contributed by atoms with Gasteiger partial charge < -0.3 is 19.9 Å². The van der Waals surface area contributed by atoms with E-state index in [2.05, 4.69) is 5.32 Å². The lowest BCUT2D eigenvalue weighted by Gasteiger charge is -2.14. The fourth-order valence-electron chi connectivity index (χ4n) is 2.94. The number of nitrogens with one attached hydrogen (secondary N) is 1. The van der Waals surface area contributed by atoms with Crippen LogP contribution in [0.4, 0.5) is 4.79 Å². The van der Waals surface area contributed by atoms with Gasteiger partial charge in [0.15, 0.2) is 11.5 Å². The van der Waals surface area contributed by atoms with Crippen molar-refractivity contribution in [2.45, 2.75) is 13.5 Å². The van der Waals surface area contributed by atoms with Gasteiger partial charge in [-0.05, 0) is 36.3 Å². The van der Waals surface area contributed by atoms with Gasteiger partial charge in [-0.2, -0.15) is 0 Å². The van der Waals surface area contributed by atoms with E-state index in [1.165, 1.54) is 13.2 Å². The van der Waals surface area contributed by atoms with E-state index in [-0.39, 0.29) is 17.3 Å². The molecule has 30 heavy (non-hydrogen) atoms. The number of rotatable bonds is 7. The van der Waals surface area contributed by atoms with Gasteiger partial charge in [-0.1, -0.05) is 41.4 Å². The Labute approximate surface area is 177 Å². The summed E-state index contributed by atoms with van der Waals surface area (Å²) in [7, 11) is 1.46. The minimum atomic E-state index is -1.29. The number of carboxylic acid groups (broad SMARTS) is 1. The van der Waals surface area contributed by atoms with Crippen LogP contribution in [0.2, 0.25) is 5.02 Å². The van der Waals surface area contributed by atoms with Crippen LogP contribution in [-0.4, -0.2) is 41.6 Å². The standard InChI is InChI=1S/C21H19ClN2O6/c1-12-4-3-5-13(6-12)11-30-19-15(22)7-14(9-17(19)29-2)8-16-20(27)24(10-18(25)26)21(28)23-16/h3-9H,10-11H2,1-2H3,(H,23,28)(H,25,26)/b16-8+. The number of nitrogens with zero attached hydrogens (tertiary/aromatic N) is 1. The van der Waals surface area contributed by atoms with E-state index in [4.69, 9.17) is 26.2 Å². The molecule has 0 aromatic heterocycles. The van der Waals surface area contributed by atoms with Crippen LogP contribution >= 0.6 is 11.6 Å². The van der Waals surface area contributed by atoms with Crippen molar-refractivity contribution in [3.05, 3.63) is 63.8 Å². The topological polar surface area (TPSA) is 105 Å². The predicted molar refractivity (Wildman–Crippen MR) is 109 cm³/mol. The van der Waals surface area contributed by atoms with Gasteiger partial charge in [0.1, 0.15) is 18.8 Å². The Morgan fingerprint density at radius 3 is 2.70 bits per heavy atom. The molecule has 0 saturated carbocycles. The summed E-state index contributed by atoms with van der Waals surface area (Å²) >= 11 is 6.36. The average Bonchev–Trinajstić information content (AvgIpc) is 2.94. The third kappa shape index (κ3) is 4.72. The summed E-state index contributed by atoms with van der Waals surface area (Å²) in [4.78, 5) is 35.5. The van der Waals surface area contributed by atoms with E-state index >= 15 is 0 Å². The van der Waals surface area contributed by atoms with Crippen molar-refractivity contribution < 1.29 is 29.0 Å². The van der Waals surface area contributed by atoms with E-state index in [1.807, 2.05) is 31.2 Å². The Kier molecular flexibility index (Phi) is 6.27. The van der Waals surface area contributed by atoms with Gasteiger partial charge in [0.05, 0.1) is 12.1 Å². The lowest BCUT2D eigenvalue weighted by molar-refractivity contribution is -0.140. The van der Waals surface area contributed by atoms with Crippen molar-refractivity contribution in [3.63, 3.8) is 0 Å². The summed E-state index contributed by atoms with van der Waals surface area (Å²) in [5, 5.41) is 11.4. The molecule has 2 N–H and O–H groups in total. The van der Waals surface area contributed by atoms with Crippen LogP contribution in [-0.2, 0) is 16.2 Å². The summed E-state index contributed by atoms with van der Waals surface area (Å²) in [5.74, 6) is -1.34. The SMILES string of the molecule is COc1cc(/C=C2/NC(=O)N(CC(=O)O)C2=O)cc(Cl)c1OCc1cccc(C)c1. The van der Waals surface area contributed by atoms with Crippen molar-refractivity contribution in [1.29, 1.82) is 0 Å². The molecule has 1 fully saturated rings. The number of hydrogen-bond acceptors (Lipinski definition) is 5. The second-order valence-electron chi connectivity index (χ2n) is 6.59. The number of ether oxygens (including phenoxy) is 2. The van der Waals surface area contributed by atoms with Crippen LogP contribution in [0.1, 0.15) is 16.7 Å². The normalized spacial score (nSPS) is 14.8. The van der Waals surface area contributed by atoms with Crippen LogP contribution in [0.5, 0.6) is 11.5 Å². The van der Waals surface area contributed by atoms with Crippen LogP contribution in [0.3, 0.4) is 0 Å². The lowest BCUT2D eigenvalue weighted by atomic mass is 10.1. The first-order valence-corrected chi connectivity index (χ1v) is 9.28. The second-order valence-corrected chi connectivity index (χ2v) is 6.99. The Hall–Kier alpha value is -3.52. The van der Waals surface area contributed by atoms with E-state index in [9.17, 15) is 14.4 Å². The number of benzene rings is 2. The maximum Gasteiger partial charge on any atom is 0.329 e. The Bertz CT molecular complexity index is 1050. The Balaban J connectivity index is 1.83. The third-order valence-electron chi connectivity index (χ3n) is 4.28. The maximum atomic E-state index is 12.3. The molecule has 1 saturated heterocycles. The highest BCUT2D eigenvalue weighted by Crippen LogP contribution is 2.37. The summed E-state index contributed by atoms with van der Waals surface area (Å²) in [5.41, 5.74) is 2.49. The number of aryl methyl sites for hydroxylation is 1. The van der Waals surface area contributed by atoms with Crippen molar-refractivity contribution in [2.75, 3.05) is 13.7 Å². The van der Waals surface area contributed by atoms with Crippen molar-refractivity contribution in [2.24, 2.45) is 0 Å². The number of amides is 3. The molecule has 3 rings (SSSR count). The minimum Gasteiger partial charge on any atom is -0.493 e. The van der Waals surface area contributed by atoms with Crippen LogP contribution < -0.4 is 14.8 Å². The van der Waals surface area contributed by atoms with Gasteiger partial charge in [0.25, 0.3) is 5.91 Å². The first kappa shape index (κ1) is 21.2. The van der Waals surface area contributed by atoms with E-state index in [0.29, 0.717) is 22.0 Å². The molecule has 156 valence electrons. The van der Waals surface area contributed by atoms with Crippen LogP contribution in [0.25, 0.3) is 6.08 Å². The molecule has 0 bridgehead atoms. The van der Waals surface area contributed by atoms with Gasteiger partial charge in [-0.3, -0.25) is 9.59 Å². The first-order valence-electron chi connectivity index (χ1n) is 8.90. The summed E-state index contributed by atoms with van der Waals surface area (Å²) in [6, 6.07) is 10.2. The largest absolute Gasteiger partial charge is 0.493 e. The molecule has 1 heterocycles. The smallest absolute Gasteiger partial charge is 0.329 e. The van der Waals surface area contributed by atoms with Crippen molar-refractivity contribution in [1.82, 2.24) is 10.2 Å². The molecular formula is C21H19ClN2O6. The van der Waals surface area contributed by atoms with Gasteiger partial charge in [-0.25, -0.2) is 9.69 Å². The lowest BCUT2D eigenvalue weighted by Crippen LogP contribution is -2.35. The van der Waals surface area contributed by atoms with E-state index in [1.54, 1.807) is 12.1 Å². The molecule has 0 radical (unpaired) electrons. The van der Waals surface area contributed by atoms with Gasteiger partial charge >= 0.3 is 12.0 Å². The van der Waals surface area contributed by atoms with Crippen molar-refractivity contribution in [3.8, 4) is 11.5 Å². The highest BCUT2D eigenvalue weighted by atomic mass is 35.5. The quantitative estimate of drug-likeness (QED) is 0.516. The fourth-order valence-corrected chi connectivity index (χ4v) is 3.21. The van der Waals surface area contributed by atoms with E-state index in [0.717, 1.165) is 11.1 Å². The Morgan fingerprint density at radius 2 is 2.03 bits per heavy atom. The molecule has 0 atom stereocenters. The number of urea groups is 1. The molecule has 8 nitrogen and oxygen atoms in total. The maximum absolute atomic E-state index is 12.3. The van der Waals surface area contributed by atoms with Crippen LogP contribution in [0, 0.1) is 6.92 Å². The number of halogens is 1. The number of imide groups is 1. The van der Waals surface area contributed by atoms with E-state index < -0.39 is 24.5 Å². The molecule has 2 aromatic rings. The van der Waals surface area contributed by atoms with Gasteiger partial charge in [0, 0.05) is 0 Å². The van der Waals surface area contributed by atoms with Gasteiger partial charge in [0.2, 0.25) is 0 Å². The molecule has 0 unspecified atom stereocenters. The Morgan fingerprint density at radius 1 is 1.27 bits per heavy atom. The zero-order valence-electron chi connectivity index (χ0n) is 16.3. The summed E-state index contributed by atoms with van der Waals surface area (Å²) in [6.07, 6.45) is 1.39. The number of aliphatic carboxylic acids is 1. The molecule has 1 aliphatic rings. The molecule has 2 aromatic carbocycles. The number of carbonyl (C=O) groups excluding carboxylic acids is 2. The third-order valence-corrected chi connectivity index (χ3v) is 4.56. The van der Waals surface area contributed by atoms with Crippen molar-refractivity contribution >= 4 is 35.6 Å². The molecule has 9 heteroatoms. The molecule has 3 amide bonds. The molecule has 0 aliphatic carbocycles. The first-order chi connectivity index (χ1) is 14.3. The molecule has 0 spiro atoms. The summed E-state index contributed by atoms with van der Waals surface area (Å²) < 4.78 is 11.2. The highest BCUT2D eigenvalue weighted by Gasteiger charge is 2.34. The van der Waals surface area contributed by atoms with Crippen LogP contribution in [0.15, 0.2) is 42.1 Å². The zero-order chi connectivity index (χ0) is 21.8. The predicted octanol–water partition coefficient (Wildman–Crippen LogP) is 3.21. The number of methoxy groups -OCH3 is 1. The number of hydrogen-bond donors (Lipinski definition) is 2. The zero-order valence-corrected chi connectivity index (χ0v) is 17.0.